The monoisotopic (exact) mass is 514 g/mol. The lowest BCUT2D eigenvalue weighted by Crippen LogP contribution is -2.44. The van der Waals surface area contributed by atoms with E-state index in [0.717, 1.165) is 16.7 Å². The van der Waals surface area contributed by atoms with E-state index >= 15 is 0 Å². The van der Waals surface area contributed by atoms with Gasteiger partial charge in [0.15, 0.2) is 0 Å². The largest absolute Gasteiger partial charge is 0.345 e. The maximum absolute atomic E-state index is 14.1. The van der Waals surface area contributed by atoms with Crippen molar-refractivity contribution in [2.24, 2.45) is 5.92 Å². The summed E-state index contributed by atoms with van der Waals surface area (Å²) >= 11 is 6.02. The Kier molecular flexibility index (Phi) is 7.89. The van der Waals surface area contributed by atoms with Crippen LogP contribution in [-0.2, 0) is 20.6 Å². The number of benzene rings is 3. The molecule has 3 aromatic rings. The van der Waals surface area contributed by atoms with E-state index in [-0.39, 0.29) is 41.5 Å². The highest BCUT2D eigenvalue weighted by Gasteiger charge is 2.33. The number of hydrogen-bond acceptors (Lipinski definition) is 3. The van der Waals surface area contributed by atoms with Crippen molar-refractivity contribution in [2.75, 3.05) is 13.1 Å². The van der Waals surface area contributed by atoms with Crippen LogP contribution in [-0.4, -0.2) is 31.7 Å². The molecular weight excluding hydrogens is 487 g/mol. The molecule has 8 heteroatoms. The maximum Gasteiger partial charge on any atom is 0.223 e. The summed E-state index contributed by atoms with van der Waals surface area (Å²) in [7, 11) is -3.77. The second-order valence-corrected chi connectivity index (χ2v) is 11.3. The summed E-state index contributed by atoms with van der Waals surface area (Å²) in [5, 5.41) is 3.26. The number of aryl methyl sites for hydroxylation is 1. The van der Waals surface area contributed by atoms with Crippen LogP contribution in [0.25, 0.3) is 0 Å². The number of halogens is 2. The molecule has 1 saturated heterocycles. The molecule has 1 amide bonds. The van der Waals surface area contributed by atoms with Gasteiger partial charge in [-0.1, -0.05) is 77.8 Å². The molecule has 1 fully saturated rings. The zero-order chi connectivity index (χ0) is 25.0. The van der Waals surface area contributed by atoms with Crippen LogP contribution in [0.4, 0.5) is 4.39 Å². The van der Waals surface area contributed by atoms with Gasteiger partial charge in [0.1, 0.15) is 5.82 Å². The van der Waals surface area contributed by atoms with E-state index in [9.17, 15) is 17.6 Å². The Morgan fingerprint density at radius 3 is 2.26 bits per heavy atom. The number of nitrogens with one attached hydrogen (secondary N) is 1. The number of nitrogens with zero attached hydrogens (tertiary/aromatic N) is 1. The van der Waals surface area contributed by atoms with Gasteiger partial charge in [0.25, 0.3) is 0 Å². The lowest BCUT2D eigenvalue weighted by Gasteiger charge is -2.32. The number of carbonyl (C=O) groups is 1. The van der Waals surface area contributed by atoms with E-state index in [1.54, 1.807) is 0 Å². The van der Waals surface area contributed by atoms with Gasteiger partial charge in [-0.05, 0) is 43.0 Å². The number of carbonyl (C=O) groups excluding carboxylic acids is 1. The van der Waals surface area contributed by atoms with Gasteiger partial charge >= 0.3 is 0 Å². The molecule has 1 atom stereocenters. The van der Waals surface area contributed by atoms with Gasteiger partial charge in [-0.2, -0.15) is 0 Å². The second kappa shape index (κ2) is 10.9. The summed E-state index contributed by atoms with van der Waals surface area (Å²) in [5.74, 6) is -1.55. The van der Waals surface area contributed by atoms with Crippen molar-refractivity contribution in [3.8, 4) is 0 Å². The van der Waals surface area contributed by atoms with Crippen LogP contribution < -0.4 is 5.32 Å². The summed E-state index contributed by atoms with van der Waals surface area (Å²) in [4.78, 5) is 13.2. The number of amides is 1. The molecule has 4 rings (SSSR count). The smallest absolute Gasteiger partial charge is 0.223 e. The van der Waals surface area contributed by atoms with Gasteiger partial charge in [0.05, 0.1) is 11.8 Å². The van der Waals surface area contributed by atoms with Crippen molar-refractivity contribution >= 4 is 27.5 Å². The quantitative estimate of drug-likeness (QED) is 0.469. The predicted octanol–water partition coefficient (Wildman–Crippen LogP) is 5.24. The van der Waals surface area contributed by atoms with Gasteiger partial charge in [-0.25, -0.2) is 17.1 Å². The standard InChI is InChI=1S/C27H28ClFN2O3S/c1-19-10-12-21(13-11-19)26(20-6-3-2-4-7-20)30-27(32)22-14-16-31(17-15-22)35(33,34)18-23-24(28)8-5-9-25(23)29/h2-13,22,26H,14-18H2,1H3,(H,30,32)/t26-/m1/s1. The first-order valence-corrected chi connectivity index (χ1v) is 13.6. The van der Waals surface area contributed by atoms with Gasteiger partial charge < -0.3 is 5.32 Å². The zero-order valence-electron chi connectivity index (χ0n) is 19.5. The van der Waals surface area contributed by atoms with Crippen molar-refractivity contribution in [1.82, 2.24) is 9.62 Å². The van der Waals surface area contributed by atoms with E-state index in [0.29, 0.717) is 12.8 Å². The molecule has 0 aliphatic carbocycles. The molecule has 3 aromatic carbocycles. The van der Waals surface area contributed by atoms with Crippen molar-refractivity contribution in [3.05, 3.63) is 106 Å². The van der Waals surface area contributed by atoms with Gasteiger partial charge in [0, 0.05) is 29.6 Å². The predicted molar refractivity (Wildman–Crippen MR) is 136 cm³/mol. The van der Waals surface area contributed by atoms with Crippen LogP contribution in [0.15, 0.2) is 72.8 Å². The van der Waals surface area contributed by atoms with E-state index in [1.807, 2.05) is 61.5 Å². The minimum atomic E-state index is -3.77. The van der Waals surface area contributed by atoms with Crippen molar-refractivity contribution in [1.29, 1.82) is 0 Å². The van der Waals surface area contributed by atoms with Crippen LogP contribution >= 0.6 is 11.6 Å². The Labute approximate surface area is 211 Å². The third-order valence-corrected chi connectivity index (χ3v) is 8.60. The molecule has 0 radical (unpaired) electrons. The van der Waals surface area contributed by atoms with Crippen LogP contribution in [0.1, 0.15) is 41.1 Å². The number of sulfonamides is 1. The van der Waals surface area contributed by atoms with Crippen LogP contribution in [0.3, 0.4) is 0 Å². The summed E-state index contributed by atoms with van der Waals surface area (Å²) in [6.45, 7) is 2.42. The molecule has 0 bridgehead atoms. The first kappa shape index (κ1) is 25.4. The zero-order valence-corrected chi connectivity index (χ0v) is 21.0. The number of hydrogen-bond donors (Lipinski definition) is 1. The van der Waals surface area contributed by atoms with Crippen molar-refractivity contribution < 1.29 is 17.6 Å². The Morgan fingerprint density at radius 1 is 1.00 bits per heavy atom. The Balaban J connectivity index is 1.43. The second-order valence-electron chi connectivity index (χ2n) is 8.89. The summed E-state index contributed by atoms with van der Waals surface area (Å²) < 4.78 is 41.3. The third kappa shape index (κ3) is 6.10. The van der Waals surface area contributed by atoms with Gasteiger partial charge in [-0.15, -0.1) is 0 Å². The average molecular weight is 515 g/mol. The van der Waals surface area contributed by atoms with Crippen LogP contribution in [0.5, 0.6) is 0 Å². The lowest BCUT2D eigenvalue weighted by atomic mass is 9.94. The normalized spacial score (nSPS) is 16.1. The molecule has 5 nitrogen and oxygen atoms in total. The molecule has 184 valence electrons. The molecule has 1 aliphatic heterocycles. The van der Waals surface area contributed by atoms with E-state index in [1.165, 1.54) is 22.5 Å². The Bertz CT molecular complexity index is 1260. The molecule has 0 unspecified atom stereocenters. The molecular formula is C27H28ClFN2O3S. The third-order valence-electron chi connectivity index (χ3n) is 6.44. The molecule has 0 spiro atoms. The SMILES string of the molecule is Cc1ccc([C@H](NC(=O)C2CCN(S(=O)(=O)Cc3c(F)cccc3Cl)CC2)c2ccccc2)cc1. The lowest BCUT2D eigenvalue weighted by molar-refractivity contribution is -0.126. The fraction of sp³-hybridized carbons (Fsp3) is 0.296. The Morgan fingerprint density at radius 2 is 1.63 bits per heavy atom. The molecule has 0 aromatic heterocycles. The fourth-order valence-electron chi connectivity index (χ4n) is 4.36. The Hall–Kier alpha value is -2.74. The highest BCUT2D eigenvalue weighted by Crippen LogP contribution is 2.28. The fourth-order valence-corrected chi connectivity index (χ4v) is 6.28. The minimum Gasteiger partial charge on any atom is -0.345 e. The average Bonchev–Trinajstić information content (AvgIpc) is 2.86. The van der Waals surface area contributed by atoms with Crippen molar-refractivity contribution in [2.45, 2.75) is 31.6 Å². The molecule has 1 heterocycles. The topological polar surface area (TPSA) is 66.5 Å². The van der Waals surface area contributed by atoms with Gasteiger partial charge in [-0.3, -0.25) is 4.79 Å². The first-order chi connectivity index (χ1) is 16.7. The molecule has 1 N–H and O–H groups in total. The minimum absolute atomic E-state index is 0.0298. The molecule has 1 aliphatic rings. The van der Waals surface area contributed by atoms with Crippen LogP contribution in [0.2, 0.25) is 5.02 Å². The molecule has 0 saturated carbocycles. The first-order valence-electron chi connectivity index (χ1n) is 11.6. The summed E-state index contributed by atoms with van der Waals surface area (Å²) in [5.41, 5.74) is 3.07. The van der Waals surface area contributed by atoms with E-state index in [2.05, 4.69) is 5.32 Å². The van der Waals surface area contributed by atoms with E-state index in [4.69, 9.17) is 11.6 Å². The summed E-state index contributed by atoms with van der Waals surface area (Å²) in [6.07, 6.45) is 0.789. The van der Waals surface area contributed by atoms with Crippen LogP contribution in [0, 0.1) is 18.7 Å². The number of piperidine rings is 1. The number of rotatable bonds is 7. The molecule has 35 heavy (non-hydrogen) atoms. The maximum atomic E-state index is 14.1. The highest BCUT2D eigenvalue weighted by molar-refractivity contribution is 7.88. The highest BCUT2D eigenvalue weighted by atomic mass is 35.5. The summed E-state index contributed by atoms with van der Waals surface area (Å²) in [6, 6.07) is 21.6. The van der Waals surface area contributed by atoms with E-state index < -0.39 is 21.6 Å². The van der Waals surface area contributed by atoms with Gasteiger partial charge in [0.2, 0.25) is 15.9 Å². The van der Waals surface area contributed by atoms with Crippen molar-refractivity contribution in [3.63, 3.8) is 0 Å².